The average Bonchev–Trinajstić information content (AvgIpc) is 2.11. The van der Waals surface area contributed by atoms with Crippen LogP contribution in [0.3, 0.4) is 0 Å². The summed E-state index contributed by atoms with van der Waals surface area (Å²) >= 11 is 0. The fourth-order valence-electron chi connectivity index (χ4n) is 2.39. The maximum atomic E-state index is 14.4. The largest absolute Gasteiger partial charge is 0.207 e. The quantitative estimate of drug-likeness (QED) is 0.562. The highest BCUT2D eigenvalue weighted by atomic mass is 19.1. The summed E-state index contributed by atoms with van der Waals surface area (Å²) in [5.74, 6) is -0.0783. The summed E-state index contributed by atoms with van der Waals surface area (Å²) in [6.45, 7) is 19.2. The van der Waals surface area contributed by atoms with E-state index in [9.17, 15) is 4.39 Å². The van der Waals surface area contributed by atoms with Crippen molar-refractivity contribution in [2.75, 3.05) is 0 Å². The molecule has 0 N–H and O–H groups in total. The molecule has 1 aromatic carbocycles. The average molecular weight is 264 g/mol. The Kier molecular flexibility index (Phi) is 3.93. The molecule has 0 fully saturated rings. The van der Waals surface area contributed by atoms with Gasteiger partial charge in [-0.15, -0.1) is 0 Å². The van der Waals surface area contributed by atoms with Crippen LogP contribution in [0, 0.1) is 5.82 Å². The molecule has 19 heavy (non-hydrogen) atoms. The Balaban J connectivity index is 3.66. The first-order valence-electron chi connectivity index (χ1n) is 7.09. The second-order valence-corrected chi connectivity index (χ2v) is 8.63. The van der Waals surface area contributed by atoms with Gasteiger partial charge >= 0.3 is 0 Å². The molecule has 0 atom stereocenters. The normalized spacial score (nSPS) is 13.8. The first-order valence-corrected chi connectivity index (χ1v) is 7.09. The molecule has 0 unspecified atom stereocenters. The molecule has 0 aliphatic heterocycles. The van der Waals surface area contributed by atoms with Gasteiger partial charge in [0.2, 0.25) is 0 Å². The van der Waals surface area contributed by atoms with Crippen molar-refractivity contribution in [1.82, 2.24) is 0 Å². The SMILES string of the molecule is CC(C)(C)c1cc(C(C)(C)C)c(C(C)(C)C)cc1F. The van der Waals surface area contributed by atoms with Crippen molar-refractivity contribution >= 4 is 0 Å². The van der Waals surface area contributed by atoms with E-state index in [-0.39, 0.29) is 22.1 Å². The van der Waals surface area contributed by atoms with Crippen LogP contribution in [-0.2, 0) is 16.2 Å². The number of benzene rings is 1. The van der Waals surface area contributed by atoms with E-state index in [1.165, 1.54) is 5.56 Å². The van der Waals surface area contributed by atoms with Crippen LogP contribution in [-0.4, -0.2) is 0 Å². The summed E-state index contributed by atoms with van der Waals surface area (Å²) in [4.78, 5) is 0. The fourth-order valence-corrected chi connectivity index (χ4v) is 2.39. The first-order chi connectivity index (χ1) is 8.24. The predicted octanol–water partition coefficient (Wildman–Crippen LogP) is 5.72. The molecule has 1 heteroatoms. The molecular formula is C18H29F. The van der Waals surface area contributed by atoms with Crippen molar-refractivity contribution in [2.45, 2.75) is 78.6 Å². The van der Waals surface area contributed by atoms with Crippen LogP contribution in [0.5, 0.6) is 0 Å². The highest BCUT2D eigenvalue weighted by molar-refractivity contribution is 5.43. The Labute approximate surface area is 118 Å². The Morgan fingerprint density at radius 3 is 1.21 bits per heavy atom. The lowest BCUT2D eigenvalue weighted by Gasteiger charge is -2.33. The molecule has 0 nitrogen and oxygen atoms in total. The summed E-state index contributed by atoms with van der Waals surface area (Å²) in [7, 11) is 0. The van der Waals surface area contributed by atoms with E-state index in [1.54, 1.807) is 6.07 Å². The monoisotopic (exact) mass is 264 g/mol. The molecule has 0 saturated carbocycles. The predicted molar refractivity (Wildman–Crippen MR) is 82.5 cm³/mol. The molecule has 1 rings (SSSR count). The van der Waals surface area contributed by atoms with Crippen LogP contribution in [0.1, 0.15) is 79.0 Å². The molecule has 0 saturated heterocycles. The van der Waals surface area contributed by atoms with E-state index in [2.05, 4.69) is 68.4 Å². The molecule has 0 aliphatic rings. The van der Waals surface area contributed by atoms with Crippen LogP contribution in [0.15, 0.2) is 12.1 Å². The highest BCUT2D eigenvalue weighted by Crippen LogP contribution is 2.38. The molecule has 0 aromatic heterocycles. The number of halogens is 1. The van der Waals surface area contributed by atoms with E-state index < -0.39 is 0 Å². The van der Waals surface area contributed by atoms with E-state index in [4.69, 9.17) is 0 Å². The zero-order chi connectivity index (χ0) is 15.2. The van der Waals surface area contributed by atoms with Crippen molar-refractivity contribution in [3.05, 3.63) is 34.6 Å². The minimum Gasteiger partial charge on any atom is -0.207 e. The first kappa shape index (κ1) is 16.2. The van der Waals surface area contributed by atoms with Gasteiger partial charge < -0.3 is 0 Å². The van der Waals surface area contributed by atoms with Gasteiger partial charge in [-0.25, -0.2) is 4.39 Å². The van der Waals surface area contributed by atoms with Crippen molar-refractivity contribution in [1.29, 1.82) is 0 Å². The van der Waals surface area contributed by atoms with Crippen LogP contribution < -0.4 is 0 Å². The fraction of sp³-hybridized carbons (Fsp3) is 0.667. The number of hydrogen-bond donors (Lipinski definition) is 0. The Hall–Kier alpha value is -0.850. The molecule has 0 aliphatic carbocycles. The highest BCUT2D eigenvalue weighted by Gasteiger charge is 2.29. The van der Waals surface area contributed by atoms with E-state index in [0.717, 1.165) is 11.1 Å². The molecule has 108 valence electrons. The third-order valence-corrected chi connectivity index (χ3v) is 3.53. The van der Waals surface area contributed by atoms with Crippen molar-refractivity contribution in [2.24, 2.45) is 0 Å². The van der Waals surface area contributed by atoms with Gasteiger partial charge in [-0.2, -0.15) is 0 Å². The maximum absolute atomic E-state index is 14.4. The van der Waals surface area contributed by atoms with E-state index in [1.807, 2.05) is 0 Å². The third kappa shape index (κ3) is 3.58. The molecule has 0 amide bonds. The van der Waals surface area contributed by atoms with Crippen molar-refractivity contribution in [3.8, 4) is 0 Å². The third-order valence-electron chi connectivity index (χ3n) is 3.53. The Morgan fingerprint density at radius 2 is 0.895 bits per heavy atom. The van der Waals surface area contributed by atoms with Gasteiger partial charge in [-0.3, -0.25) is 0 Å². The lowest BCUT2D eigenvalue weighted by molar-refractivity contribution is 0.492. The minimum absolute atomic E-state index is 0.0241. The summed E-state index contributed by atoms with van der Waals surface area (Å²) in [6, 6.07) is 3.83. The standard InChI is InChI=1S/C18H29F/c1-16(2,3)12-10-14(18(7,8)9)15(19)11-13(12)17(4,5)6/h10-11H,1-9H3. The molecule has 1 aromatic rings. The number of rotatable bonds is 0. The van der Waals surface area contributed by atoms with Gasteiger partial charge in [0.25, 0.3) is 0 Å². The molecule has 0 spiro atoms. The molecule has 0 radical (unpaired) electrons. The summed E-state index contributed by atoms with van der Waals surface area (Å²) in [5.41, 5.74) is 3.00. The van der Waals surface area contributed by atoms with Crippen molar-refractivity contribution < 1.29 is 4.39 Å². The lowest BCUT2D eigenvalue weighted by atomic mass is 9.72. The van der Waals surface area contributed by atoms with Crippen LogP contribution in [0.4, 0.5) is 4.39 Å². The minimum atomic E-state index is -0.166. The van der Waals surface area contributed by atoms with Gasteiger partial charge in [0, 0.05) is 0 Å². The molecule has 0 bridgehead atoms. The maximum Gasteiger partial charge on any atom is 0.127 e. The Morgan fingerprint density at radius 1 is 0.579 bits per heavy atom. The lowest BCUT2D eigenvalue weighted by Crippen LogP contribution is -2.25. The summed E-state index contributed by atoms with van der Waals surface area (Å²) < 4.78 is 14.4. The molecular weight excluding hydrogens is 235 g/mol. The van der Waals surface area contributed by atoms with E-state index >= 15 is 0 Å². The Bertz CT molecular complexity index is 462. The van der Waals surface area contributed by atoms with Crippen molar-refractivity contribution in [3.63, 3.8) is 0 Å². The van der Waals surface area contributed by atoms with Crippen LogP contribution >= 0.6 is 0 Å². The summed E-state index contributed by atoms with van der Waals surface area (Å²) in [5, 5.41) is 0. The van der Waals surface area contributed by atoms with E-state index in [0.29, 0.717) is 0 Å². The number of hydrogen-bond acceptors (Lipinski definition) is 0. The second-order valence-electron chi connectivity index (χ2n) is 8.63. The van der Waals surface area contributed by atoms with Crippen LogP contribution in [0.25, 0.3) is 0 Å². The zero-order valence-corrected chi connectivity index (χ0v) is 14.0. The van der Waals surface area contributed by atoms with Gasteiger partial charge in [-0.1, -0.05) is 68.4 Å². The smallest absolute Gasteiger partial charge is 0.127 e. The topological polar surface area (TPSA) is 0 Å². The summed E-state index contributed by atoms with van der Waals surface area (Å²) in [6.07, 6.45) is 0. The van der Waals surface area contributed by atoms with Gasteiger partial charge in [0.15, 0.2) is 0 Å². The molecule has 0 heterocycles. The van der Waals surface area contributed by atoms with Gasteiger partial charge in [-0.05, 0) is 39.0 Å². The van der Waals surface area contributed by atoms with Gasteiger partial charge in [0.1, 0.15) is 5.82 Å². The van der Waals surface area contributed by atoms with Gasteiger partial charge in [0.05, 0.1) is 0 Å². The van der Waals surface area contributed by atoms with Crippen LogP contribution in [0.2, 0.25) is 0 Å². The second kappa shape index (κ2) is 4.61. The zero-order valence-electron chi connectivity index (χ0n) is 14.0.